The molecule has 0 N–H and O–H groups in total. The Morgan fingerprint density at radius 3 is 2.19 bits per heavy atom. The van der Waals surface area contributed by atoms with E-state index in [9.17, 15) is 0 Å². The molecular weight excluding hydrogens is 452 g/mol. The van der Waals surface area contributed by atoms with E-state index in [1.165, 1.54) is 16.3 Å². The van der Waals surface area contributed by atoms with E-state index in [2.05, 4.69) is 108 Å². The maximum atomic E-state index is 6.40. The second-order valence-electron chi connectivity index (χ2n) is 9.46. The van der Waals surface area contributed by atoms with Crippen molar-refractivity contribution in [1.29, 1.82) is 0 Å². The van der Waals surface area contributed by atoms with Crippen molar-refractivity contribution >= 4 is 32.6 Å². The molecule has 172 valence electrons. The number of aromatic nitrogens is 2. The zero-order valence-corrected chi connectivity index (χ0v) is 19.8. The van der Waals surface area contributed by atoms with Crippen molar-refractivity contribution in [3.05, 3.63) is 121 Å². The Morgan fingerprint density at radius 2 is 1.24 bits per heavy atom. The van der Waals surface area contributed by atoms with E-state index in [0.717, 1.165) is 61.3 Å². The zero-order chi connectivity index (χ0) is 24.3. The van der Waals surface area contributed by atoms with Gasteiger partial charge >= 0.3 is 0 Å². The van der Waals surface area contributed by atoms with Crippen LogP contribution >= 0.6 is 0 Å². The first kappa shape index (κ1) is 20.2. The fourth-order valence-electron chi connectivity index (χ4n) is 5.49. The lowest BCUT2D eigenvalue weighted by atomic mass is 9.92. The third-order valence-electron chi connectivity index (χ3n) is 7.28. The molecular formula is C34H20N2O. The average molecular weight is 473 g/mol. The third kappa shape index (κ3) is 3.14. The Kier molecular flexibility index (Phi) is 4.23. The maximum absolute atomic E-state index is 6.40. The van der Waals surface area contributed by atoms with Crippen molar-refractivity contribution in [2.75, 3.05) is 0 Å². The minimum Gasteiger partial charge on any atom is -0.456 e. The van der Waals surface area contributed by atoms with Crippen LogP contribution in [0.5, 0.6) is 11.5 Å². The smallest absolute Gasteiger partial charge is 0.135 e. The van der Waals surface area contributed by atoms with E-state index in [4.69, 9.17) is 9.72 Å². The van der Waals surface area contributed by atoms with E-state index in [1.807, 2.05) is 18.3 Å². The summed E-state index contributed by atoms with van der Waals surface area (Å²) in [5, 5.41) is 4.56. The van der Waals surface area contributed by atoms with Gasteiger partial charge in [-0.1, -0.05) is 78.9 Å². The first-order chi connectivity index (χ1) is 18.3. The molecule has 0 radical (unpaired) electrons. The number of pyridine rings is 2. The van der Waals surface area contributed by atoms with Crippen LogP contribution in [0.15, 0.2) is 121 Å². The Balaban J connectivity index is 1.23. The Bertz CT molecular complexity index is 2020. The average Bonchev–Trinajstić information content (AvgIpc) is 2.97. The molecule has 0 bridgehead atoms. The minimum atomic E-state index is 0.885. The summed E-state index contributed by atoms with van der Waals surface area (Å²) < 4.78 is 6.40. The Labute approximate surface area is 213 Å². The molecule has 0 aliphatic carbocycles. The van der Waals surface area contributed by atoms with Crippen LogP contribution in [0.1, 0.15) is 0 Å². The predicted octanol–water partition coefficient (Wildman–Crippen LogP) is 9.04. The summed E-state index contributed by atoms with van der Waals surface area (Å²) in [4.78, 5) is 9.64. The molecule has 0 fully saturated rings. The van der Waals surface area contributed by atoms with Gasteiger partial charge in [-0.2, -0.15) is 0 Å². The quantitative estimate of drug-likeness (QED) is 0.235. The highest BCUT2D eigenvalue weighted by atomic mass is 16.5. The van der Waals surface area contributed by atoms with Gasteiger partial charge in [-0.3, -0.25) is 4.98 Å². The maximum Gasteiger partial charge on any atom is 0.135 e. The molecule has 0 unspecified atom stereocenters. The fourth-order valence-corrected chi connectivity index (χ4v) is 5.49. The van der Waals surface area contributed by atoms with E-state index in [-0.39, 0.29) is 0 Å². The normalized spacial score (nSPS) is 12.0. The lowest BCUT2D eigenvalue weighted by molar-refractivity contribution is 0.487. The van der Waals surface area contributed by atoms with E-state index in [0.29, 0.717) is 0 Å². The second kappa shape index (κ2) is 7.74. The van der Waals surface area contributed by atoms with Gasteiger partial charge in [-0.05, 0) is 58.5 Å². The molecule has 37 heavy (non-hydrogen) atoms. The Hall–Kier alpha value is -5.02. The standard InChI is InChI=1S/C34H20N2O/c1-7-24(19-26(8-1)29-17-15-23-13-12-22-9-4-18-35-33(22)34(23)36-29)25-14-16-27-28-10-2-5-21-6-3-11-30(32(21)28)37-31(27)20-25/h1-20H. The van der Waals surface area contributed by atoms with Gasteiger partial charge in [0.25, 0.3) is 0 Å². The van der Waals surface area contributed by atoms with Crippen LogP contribution in [0.25, 0.3) is 66.1 Å². The molecule has 1 aliphatic rings. The van der Waals surface area contributed by atoms with Crippen LogP contribution in [0.2, 0.25) is 0 Å². The molecule has 3 nitrogen and oxygen atoms in total. The highest BCUT2D eigenvalue weighted by Crippen LogP contribution is 2.47. The number of rotatable bonds is 2. The summed E-state index contributed by atoms with van der Waals surface area (Å²) in [6.45, 7) is 0. The summed E-state index contributed by atoms with van der Waals surface area (Å²) in [5.74, 6) is 1.79. The highest BCUT2D eigenvalue weighted by Gasteiger charge is 2.20. The van der Waals surface area contributed by atoms with Crippen molar-refractivity contribution in [2.45, 2.75) is 0 Å². The summed E-state index contributed by atoms with van der Waals surface area (Å²) in [7, 11) is 0. The molecule has 8 rings (SSSR count). The molecule has 3 heteroatoms. The lowest BCUT2D eigenvalue weighted by Crippen LogP contribution is -1.97. The van der Waals surface area contributed by atoms with E-state index < -0.39 is 0 Å². The van der Waals surface area contributed by atoms with Gasteiger partial charge < -0.3 is 4.74 Å². The zero-order valence-electron chi connectivity index (χ0n) is 19.8. The van der Waals surface area contributed by atoms with Gasteiger partial charge in [0.05, 0.1) is 16.7 Å². The minimum absolute atomic E-state index is 0.885. The van der Waals surface area contributed by atoms with Gasteiger partial charge in [-0.25, -0.2) is 4.98 Å². The first-order valence-corrected chi connectivity index (χ1v) is 12.4. The van der Waals surface area contributed by atoms with Gasteiger partial charge in [0.2, 0.25) is 0 Å². The van der Waals surface area contributed by atoms with Gasteiger partial charge in [0, 0.05) is 33.5 Å². The van der Waals surface area contributed by atoms with Gasteiger partial charge in [0.1, 0.15) is 11.5 Å². The Morgan fingerprint density at radius 1 is 0.486 bits per heavy atom. The van der Waals surface area contributed by atoms with Crippen LogP contribution in [0.3, 0.4) is 0 Å². The predicted molar refractivity (Wildman–Crippen MR) is 151 cm³/mol. The molecule has 1 aliphatic heterocycles. The van der Waals surface area contributed by atoms with Crippen molar-refractivity contribution < 1.29 is 4.74 Å². The van der Waals surface area contributed by atoms with E-state index >= 15 is 0 Å². The molecule has 5 aromatic carbocycles. The SMILES string of the molecule is c1cc(-c2ccc3c(c2)Oc2cccc4cccc-3c24)cc(-c2ccc3ccc4cccnc4c3n2)c1. The summed E-state index contributed by atoms with van der Waals surface area (Å²) in [6, 6.07) is 40.2. The van der Waals surface area contributed by atoms with Crippen molar-refractivity contribution in [3.8, 4) is 45.0 Å². The number of hydrogen-bond donors (Lipinski definition) is 0. The molecule has 0 atom stereocenters. The number of benzene rings is 5. The van der Waals surface area contributed by atoms with Crippen molar-refractivity contribution in [3.63, 3.8) is 0 Å². The van der Waals surface area contributed by atoms with Crippen LogP contribution in [0, 0.1) is 0 Å². The lowest BCUT2D eigenvalue weighted by Gasteiger charge is -2.22. The summed E-state index contributed by atoms with van der Waals surface area (Å²) in [5.41, 5.74) is 8.44. The molecule has 0 amide bonds. The largest absolute Gasteiger partial charge is 0.456 e. The third-order valence-corrected chi connectivity index (χ3v) is 7.28. The van der Waals surface area contributed by atoms with Gasteiger partial charge in [-0.15, -0.1) is 0 Å². The summed E-state index contributed by atoms with van der Waals surface area (Å²) in [6.07, 6.45) is 1.83. The number of fused-ring (bicyclic) bond motifs is 5. The highest BCUT2D eigenvalue weighted by molar-refractivity contribution is 6.05. The number of nitrogens with zero attached hydrogens (tertiary/aromatic N) is 2. The number of hydrogen-bond acceptors (Lipinski definition) is 3. The van der Waals surface area contributed by atoms with E-state index in [1.54, 1.807) is 0 Å². The van der Waals surface area contributed by atoms with Crippen LogP contribution < -0.4 is 4.74 Å². The molecule has 0 spiro atoms. The topological polar surface area (TPSA) is 35.0 Å². The van der Waals surface area contributed by atoms with Crippen LogP contribution in [-0.2, 0) is 0 Å². The second-order valence-corrected chi connectivity index (χ2v) is 9.46. The first-order valence-electron chi connectivity index (χ1n) is 12.4. The molecule has 7 aromatic rings. The molecule has 2 aromatic heterocycles. The van der Waals surface area contributed by atoms with Crippen molar-refractivity contribution in [1.82, 2.24) is 9.97 Å². The molecule has 0 saturated carbocycles. The fraction of sp³-hybridized carbons (Fsp3) is 0. The summed E-state index contributed by atoms with van der Waals surface area (Å²) >= 11 is 0. The van der Waals surface area contributed by atoms with Crippen molar-refractivity contribution in [2.24, 2.45) is 0 Å². The van der Waals surface area contributed by atoms with Crippen LogP contribution in [-0.4, -0.2) is 9.97 Å². The van der Waals surface area contributed by atoms with Gasteiger partial charge in [0.15, 0.2) is 0 Å². The molecule has 0 saturated heterocycles. The monoisotopic (exact) mass is 472 g/mol. The molecule has 3 heterocycles. The number of ether oxygens (including phenoxy) is 1. The van der Waals surface area contributed by atoms with Crippen LogP contribution in [0.4, 0.5) is 0 Å².